The van der Waals surface area contributed by atoms with Crippen LogP contribution in [0.2, 0.25) is 0 Å². The summed E-state index contributed by atoms with van der Waals surface area (Å²) >= 11 is 3.27. The first kappa shape index (κ1) is 16.2. The van der Waals surface area contributed by atoms with Crippen LogP contribution in [-0.2, 0) is 9.59 Å². The predicted octanol–water partition coefficient (Wildman–Crippen LogP) is 2.63. The first-order valence-corrected chi connectivity index (χ1v) is 7.89. The Morgan fingerprint density at radius 2 is 1.96 bits per heavy atom. The van der Waals surface area contributed by atoms with E-state index in [1.165, 1.54) is 12.0 Å². The van der Waals surface area contributed by atoms with Gasteiger partial charge in [0.2, 0.25) is 5.91 Å². The highest BCUT2D eigenvalue weighted by molar-refractivity contribution is 9.10. The lowest BCUT2D eigenvalue weighted by Gasteiger charge is -2.17. The van der Waals surface area contributed by atoms with E-state index in [1.54, 1.807) is 42.5 Å². The summed E-state index contributed by atoms with van der Waals surface area (Å²) in [5, 5.41) is 2.69. The van der Waals surface area contributed by atoms with Crippen molar-refractivity contribution in [2.24, 2.45) is 0 Å². The molecule has 0 bridgehead atoms. The Labute approximate surface area is 146 Å². The van der Waals surface area contributed by atoms with Gasteiger partial charge in [-0.05, 0) is 30.3 Å². The predicted molar refractivity (Wildman–Crippen MR) is 92.4 cm³/mol. The number of nitrogens with zero attached hydrogens (tertiary/aromatic N) is 1. The second-order valence-electron chi connectivity index (χ2n) is 5.13. The molecule has 2 aromatic carbocycles. The van der Waals surface area contributed by atoms with Crippen LogP contribution in [0.25, 0.3) is 0 Å². The third-order valence-corrected chi connectivity index (χ3v) is 4.11. The van der Waals surface area contributed by atoms with Crippen LogP contribution in [0, 0.1) is 0 Å². The minimum Gasteiger partial charge on any atom is -0.495 e. The van der Waals surface area contributed by atoms with Gasteiger partial charge in [0.05, 0.1) is 24.0 Å². The van der Waals surface area contributed by atoms with E-state index >= 15 is 0 Å². The van der Waals surface area contributed by atoms with E-state index in [-0.39, 0.29) is 6.54 Å². The lowest BCUT2D eigenvalue weighted by molar-refractivity contribution is -0.118. The standard InChI is InChI=1S/C17H13BrN2O4/c1-24-14-5-3-2-4-12(14)19-15(21)9-20-13-7-6-10(18)8-11(13)16(22)17(20)23/h2-8H,9H2,1H3,(H,19,21). The number of hydrogen-bond acceptors (Lipinski definition) is 4. The van der Waals surface area contributed by atoms with Crippen LogP contribution in [0.3, 0.4) is 0 Å². The number of ether oxygens (including phenoxy) is 1. The molecule has 0 atom stereocenters. The lowest BCUT2D eigenvalue weighted by atomic mass is 10.1. The Hall–Kier alpha value is -2.67. The van der Waals surface area contributed by atoms with Gasteiger partial charge in [-0.1, -0.05) is 28.1 Å². The molecule has 7 heteroatoms. The molecule has 0 aliphatic carbocycles. The highest BCUT2D eigenvalue weighted by Crippen LogP contribution is 2.31. The first-order chi connectivity index (χ1) is 11.5. The van der Waals surface area contributed by atoms with Crippen molar-refractivity contribution in [1.82, 2.24) is 0 Å². The minimum atomic E-state index is -0.710. The molecule has 0 saturated carbocycles. The summed E-state index contributed by atoms with van der Waals surface area (Å²) < 4.78 is 5.87. The zero-order chi connectivity index (χ0) is 17.3. The smallest absolute Gasteiger partial charge is 0.299 e. The highest BCUT2D eigenvalue weighted by atomic mass is 79.9. The number of nitrogens with one attached hydrogen (secondary N) is 1. The number of rotatable bonds is 4. The van der Waals surface area contributed by atoms with Crippen molar-refractivity contribution in [3.8, 4) is 5.75 Å². The molecular formula is C17H13BrN2O4. The quantitative estimate of drug-likeness (QED) is 0.816. The van der Waals surface area contributed by atoms with Crippen molar-refractivity contribution in [3.05, 3.63) is 52.5 Å². The zero-order valence-corrected chi connectivity index (χ0v) is 14.3. The Balaban J connectivity index is 1.80. The van der Waals surface area contributed by atoms with E-state index in [9.17, 15) is 14.4 Å². The fraction of sp³-hybridized carbons (Fsp3) is 0.118. The number of benzene rings is 2. The molecule has 0 fully saturated rings. The van der Waals surface area contributed by atoms with Gasteiger partial charge in [-0.25, -0.2) is 0 Å². The van der Waals surface area contributed by atoms with Gasteiger partial charge in [0.25, 0.3) is 11.7 Å². The molecule has 6 nitrogen and oxygen atoms in total. The van der Waals surface area contributed by atoms with E-state index in [0.29, 0.717) is 27.2 Å². The van der Waals surface area contributed by atoms with Gasteiger partial charge in [-0.3, -0.25) is 19.3 Å². The SMILES string of the molecule is COc1ccccc1NC(=O)CN1C(=O)C(=O)c2cc(Br)ccc21. The summed E-state index contributed by atoms with van der Waals surface area (Å²) in [4.78, 5) is 37.6. The van der Waals surface area contributed by atoms with Crippen LogP contribution in [0.1, 0.15) is 10.4 Å². The van der Waals surface area contributed by atoms with Crippen LogP contribution in [0.5, 0.6) is 5.75 Å². The molecule has 0 saturated heterocycles. The van der Waals surface area contributed by atoms with Gasteiger partial charge in [-0.15, -0.1) is 0 Å². The number of anilines is 2. The molecule has 2 aromatic rings. The molecule has 122 valence electrons. The van der Waals surface area contributed by atoms with E-state index in [4.69, 9.17) is 4.74 Å². The molecule has 3 rings (SSSR count). The Bertz CT molecular complexity index is 850. The monoisotopic (exact) mass is 388 g/mol. The van der Waals surface area contributed by atoms with Gasteiger partial charge in [0, 0.05) is 4.47 Å². The van der Waals surface area contributed by atoms with Gasteiger partial charge in [0.1, 0.15) is 12.3 Å². The van der Waals surface area contributed by atoms with Crippen molar-refractivity contribution in [1.29, 1.82) is 0 Å². The maximum atomic E-state index is 12.3. The van der Waals surface area contributed by atoms with Gasteiger partial charge in [-0.2, -0.15) is 0 Å². The van der Waals surface area contributed by atoms with Crippen LogP contribution < -0.4 is 15.0 Å². The molecule has 1 aliphatic rings. The lowest BCUT2D eigenvalue weighted by Crippen LogP contribution is -2.37. The molecule has 0 aromatic heterocycles. The Kier molecular flexibility index (Phi) is 4.35. The molecule has 0 spiro atoms. The Morgan fingerprint density at radius 1 is 1.21 bits per heavy atom. The van der Waals surface area contributed by atoms with Crippen molar-refractivity contribution in [2.45, 2.75) is 0 Å². The molecular weight excluding hydrogens is 376 g/mol. The highest BCUT2D eigenvalue weighted by Gasteiger charge is 2.36. The Morgan fingerprint density at radius 3 is 2.71 bits per heavy atom. The van der Waals surface area contributed by atoms with E-state index in [2.05, 4.69) is 21.2 Å². The number of carbonyl (C=O) groups is 3. The van der Waals surface area contributed by atoms with Crippen LogP contribution in [0.15, 0.2) is 46.9 Å². The van der Waals surface area contributed by atoms with Crippen molar-refractivity contribution in [2.75, 3.05) is 23.9 Å². The zero-order valence-electron chi connectivity index (χ0n) is 12.7. The second-order valence-corrected chi connectivity index (χ2v) is 6.05. The normalized spacial score (nSPS) is 13.0. The summed E-state index contributed by atoms with van der Waals surface area (Å²) in [6, 6.07) is 11.9. The third-order valence-electron chi connectivity index (χ3n) is 3.62. The number of hydrogen-bond donors (Lipinski definition) is 1. The summed E-state index contributed by atoms with van der Waals surface area (Å²) in [5.74, 6) is -1.23. The number of carbonyl (C=O) groups excluding carboxylic acids is 3. The number of para-hydroxylation sites is 2. The number of Topliss-reactive ketones (excluding diaryl/α,β-unsaturated/α-hetero) is 1. The average Bonchev–Trinajstić information content (AvgIpc) is 2.80. The molecule has 0 radical (unpaired) electrons. The number of fused-ring (bicyclic) bond motifs is 1. The summed E-state index contributed by atoms with van der Waals surface area (Å²) in [6.07, 6.45) is 0. The number of methoxy groups -OCH3 is 1. The molecule has 1 aliphatic heterocycles. The minimum absolute atomic E-state index is 0.253. The molecule has 24 heavy (non-hydrogen) atoms. The summed E-state index contributed by atoms with van der Waals surface area (Å²) in [5.41, 5.74) is 1.22. The van der Waals surface area contributed by atoms with Crippen molar-refractivity contribution < 1.29 is 19.1 Å². The van der Waals surface area contributed by atoms with Crippen molar-refractivity contribution in [3.63, 3.8) is 0 Å². The second kappa shape index (κ2) is 6.45. The van der Waals surface area contributed by atoms with Crippen LogP contribution in [-0.4, -0.2) is 31.3 Å². The fourth-order valence-electron chi connectivity index (χ4n) is 2.51. The number of ketones is 1. The van der Waals surface area contributed by atoms with Crippen LogP contribution >= 0.6 is 15.9 Å². The molecule has 1 N–H and O–H groups in total. The van der Waals surface area contributed by atoms with Crippen molar-refractivity contribution >= 4 is 44.9 Å². The summed E-state index contributed by atoms with van der Waals surface area (Å²) in [7, 11) is 1.50. The van der Waals surface area contributed by atoms with E-state index in [0.717, 1.165) is 0 Å². The number of halogens is 1. The van der Waals surface area contributed by atoms with Gasteiger partial charge >= 0.3 is 0 Å². The van der Waals surface area contributed by atoms with Gasteiger partial charge in [0.15, 0.2) is 0 Å². The molecule has 2 amide bonds. The summed E-state index contributed by atoms with van der Waals surface area (Å²) in [6.45, 7) is -0.253. The fourth-order valence-corrected chi connectivity index (χ4v) is 2.87. The topological polar surface area (TPSA) is 75.7 Å². The molecule has 0 unspecified atom stereocenters. The number of amides is 2. The average molecular weight is 389 g/mol. The maximum Gasteiger partial charge on any atom is 0.299 e. The third kappa shape index (κ3) is 2.90. The van der Waals surface area contributed by atoms with Gasteiger partial charge < -0.3 is 10.1 Å². The first-order valence-electron chi connectivity index (χ1n) is 7.10. The maximum absolute atomic E-state index is 12.3. The molecule has 1 heterocycles. The van der Waals surface area contributed by atoms with E-state index in [1.807, 2.05) is 0 Å². The van der Waals surface area contributed by atoms with E-state index < -0.39 is 17.6 Å². The van der Waals surface area contributed by atoms with Crippen LogP contribution in [0.4, 0.5) is 11.4 Å². The largest absolute Gasteiger partial charge is 0.495 e.